The highest BCUT2D eigenvalue weighted by Crippen LogP contribution is 2.27. The molecule has 0 bridgehead atoms. The number of aromatic hydroxyl groups is 2. The fourth-order valence-electron chi connectivity index (χ4n) is 2.61. The minimum atomic E-state index is -0.250. The summed E-state index contributed by atoms with van der Waals surface area (Å²) in [7, 11) is 1.95. The fraction of sp³-hybridized carbons (Fsp3) is 0.533. The van der Waals surface area contributed by atoms with Crippen LogP contribution in [0.3, 0.4) is 0 Å². The zero-order chi connectivity index (χ0) is 14.5. The molecule has 1 aliphatic heterocycles. The van der Waals surface area contributed by atoms with Crippen molar-refractivity contribution in [3.8, 4) is 11.5 Å². The molecular formula is C15H22N2O3. The number of piperidine rings is 1. The summed E-state index contributed by atoms with van der Waals surface area (Å²) in [6.45, 7) is 2.54. The summed E-state index contributed by atoms with van der Waals surface area (Å²) in [6, 6.07) is 4.22. The first kappa shape index (κ1) is 14.7. The van der Waals surface area contributed by atoms with E-state index in [1.54, 1.807) is 6.07 Å². The predicted molar refractivity (Wildman–Crippen MR) is 76.9 cm³/mol. The molecule has 5 heteroatoms. The molecule has 0 unspecified atom stereocenters. The minimum Gasteiger partial charge on any atom is -0.504 e. The van der Waals surface area contributed by atoms with E-state index in [0.29, 0.717) is 11.5 Å². The number of phenols is 2. The molecule has 1 aromatic carbocycles. The van der Waals surface area contributed by atoms with Crippen LogP contribution in [0.1, 0.15) is 29.6 Å². The number of phenolic OH excluding ortho intramolecular Hbond substituents is 2. The molecule has 0 spiro atoms. The van der Waals surface area contributed by atoms with Crippen LogP contribution in [0.5, 0.6) is 11.5 Å². The van der Waals surface area contributed by atoms with Crippen LogP contribution in [0, 0.1) is 5.92 Å². The summed E-state index contributed by atoms with van der Waals surface area (Å²) in [4.78, 5) is 14.1. The molecule has 0 aromatic heterocycles. The van der Waals surface area contributed by atoms with E-state index in [9.17, 15) is 15.0 Å². The van der Waals surface area contributed by atoms with Crippen molar-refractivity contribution < 1.29 is 15.0 Å². The molecule has 1 heterocycles. The number of likely N-dealkylation sites (tertiary alicyclic amines) is 1. The first-order chi connectivity index (χ1) is 9.61. The largest absolute Gasteiger partial charge is 0.504 e. The number of hydrogen-bond acceptors (Lipinski definition) is 4. The molecule has 5 nitrogen and oxygen atoms in total. The monoisotopic (exact) mass is 278 g/mol. The Hall–Kier alpha value is -1.75. The average Bonchev–Trinajstić information content (AvgIpc) is 2.48. The number of rotatable bonds is 4. The lowest BCUT2D eigenvalue weighted by molar-refractivity contribution is 0.0686. The van der Waals surface area contributed by atoms with Gasteiger partial charge in [-0.1, -0.05) is 0 Å². The van der Waals surface area contributed by atoms with Gasteiger partial charge in [0.2, 0.25) is 0 Å². The first-order valence-corrected chi connectivity index (χ1v) is 7.07. The normalized spacial score (nSPS) is 16.4. The molecular weight excluding hydrogens is 256 g/mol. The van der Waals surface area contributed by atoms with Gasteiger partial charge in [0.1, 0.15) is 0 Å². The van der Waals surface area contributed by atoms with E-state index in [1.807, 2.05) is 11.9 Å². The van der Waals surface area contributed by atoms with E-state index in [2.05, 4.69) is 5.32 Å². The zero-order valence-corrected chi connectivity index (χ0v) is 11.8. The molecule has 20 heavy (non-hydrogen) atoms. The molecule has 1 aliphatic rings. The smallest absolute Gasteiger partial charge is 0.253 e. The topological polar surface area (TPSA) is 72.8 Å². The number of nitrogens with one attached hydrogen (secondary N) is 1. The first-order valence-electron chi connectivity index (χ1n) is 7.07. The summed E-state index contributed by atoms with van der Waals surface area (Å²) >= 11 is 0. The van der Waals surface area contributed by atoms with Crippen LogP contribution in [-0.2, 0) is 0 Å². The second kappa shape index (κ2) is 6.61. The molecule has 0 atom stereocenters. The molecule has 0 saturated carbocycles. The van der Waals surface area contributed by atoms with Crippen LogP contribution < -0.4 is 5.32 Å². The Labute approximate surface area is 119 Å². The van der Waals surface area contributed by atoms with Crippen molar-refractivity contribution in [3.05, 3.63) is 23.8 Å². The number of carbonyl (C=O) groups is 1. The standard InChI is InChI=1S/C15H22N2O3/c1-16-7-4-11-5-8-17(9-6-11)15(20)12-2-3-13(18)14(19)10-12/h2-3,10-11,16,18-19H,4-9H2,1H3. The van der Waals surface area contributed by atoms with Crippen LogP contribution >= 0.6 is 0 Å². The van der Waals surface area contributed by atoms with Crippen LogP contribution in [0.25, 0.3) is 0 Å². The molecule has 110 valence electrons. The molecule has 0 aliphatic carbocycles. The van der Waals surface area contributed by atoms with Gasteiger partial charge >= 0.3 is 0 Å². The molecule has 0 radical (unpaired) electrons. The minimum absolute atomic E-state index is 0.0765. The SMILES string of the molecule is CNCCC1CCN(C(=O)c2ccc(O)c(O)c2)CC1. The Morgan fingerprint density at radius 1 is 1.30 bits per heavy atom. The quantitative estimate of drug-likeness (QED) is 0.731. The summed E-state index contributed by atoms with van der Waals surface area (Å²) in [5.74, 6) is 0.152. The Bertz CT molecular complexity index is 468. The van der Waals surface area contributed by atoms with Crippen molar-refractivity contribution in [3.63, 3.8) is 0 Å². The number of hydrogen-bond donors (Lipinski definition) is 3. The van der Waals surface area contributed by atoms with Crippen molar-refractivity contribution >= 4 is 5.91 Å². The van der Waals surface area contributed by atoms with E-state index in [1.165, 1.54) is 12.1 Å². The van der Waals surface area contributed by atoms with Gasteiger partial charge in [0, 0.05) is 18.7 Å². The van der Waals surface area contributed by atoms with Gasteiger partial charge in [-0.15, -0.1) is 0 Å². The van der Waals surface area contributed by atoms with E-state index in [4.69, 9.17) is 0 Å². The summed E-state index contributed by atoms with van der Waals surface area (Å²) < 4.78 is 0. The Morgan fingerprint density at radius 2 is 2.00 bits per heavy atom. The fourth-order valence-corrected chi connectivity index (χ4v) is 2.61. The number of amides is 1. The van der Waals surface area contributed by atoms with Crippen molar-refractivity contribution in [1.82, 2.24) is 10.2 Å². The molecule has 1 fully saturated rings. The van der Waals surface area contributed by atoms with E-state index in [0.717, 1.165) is 38.9 Å². The summed E-state index contributed by atoms with van der Waals surface area (Å²) in [5.41, 5.74) is 0.425. The Morgan fingerprint density at radius 3 is 2.60 bits per heavy atom. The van der Waals surface area contributed by atoms with Crippen LogP contribution in [0.2, 0.25) is 0 Å². The third-order valence-electron chi connectivity index (χ3n) is 3.93. The van der Waals surface area contributed by atoms with Crippen molar-refractivity contribution in [2.24, 2.45) is 5.92 Å². The van der Waals surface area contributed by atoms with Crippen LogP contribution in [0.4, 0.5) is 0 Å². The second-order valence-corrected chi connectivity index (χ2v) is 5.33. The highest BCUT2D eigenvalue weighted by atomic mass is 16.3. The molecule has 3 N–H and O–H groups in total. The van der Waals surface area contributed by atoms with E-state index < -0.39 is 0 Å². The average molecular weight is 278 g/mol. The number of nitrogens with zero attached hydrogens (tertiary/aromatic N) is 1. The van der Waals surface area contributed by atoms with Crippen molar-refractivity contribution in [2.45, 2.75) is 19.3 Å². The highest BCUT2D eigenvalue weighted by molar-refractivity contribution is 5.94. The lowest BCUT2D eigenvalue weighted by Gasteiger charge is -2.32. The van der Waals surface area contributed by atoms with Crippen LogP contribution in [0.15, 0.2) is 18.2 Å². The Balaban J connectivity index is 1.92. The molecule has 1 aromatic rings. The molecule has 1 saturated heterocycles. The maximum absolute atomic E-state index is 12.3. The van der Waals surface area contributed by atoms with Gasteiger partial charge in [0.25, 0.3) is 5.91 Å². The Kier molecular flexibility index (Phi) is 4.84. The summed E-state index contributed by atoms with van der Waals surface area (Å²) in [5, 5.41) is 21.9. The third kappa shape index (κ3) is 3.42. The van der Waals surface area contributed by atoms with Gasteiger partial charge in [0.05, 0.1) is 0 Å². The maximum atomic E-state index is 12.3. The third-order valence-corrected chi connectivity index (χ3v) is 3.93. The van der Waals surface area contributed by atoms with Gasteiger partial charge < -0.3 is 20.4 Å². The van der Waals surface area contributed by atoms with Gasteiger partial charge in [-0.05, 0) is 57.0 Å². The van der Waals surface area contributed by atoms with Crippen molar-refractivity contribution in [1.29, 1.82) is 0 Å². The molecule has 1 amide bonds. The van der Waals surface area contributed by atoms with E-state index in [-0.39, 0.29) is 17.4 Å². The lowest BCUT2D eigenvalue weighted by atomic mass is 9.93. The van der Waals surface area contributed by atoms with Gasteiger partial charge in [-0.3, -0.25) is 4.79 Å². The van der Waals surface area contributed by atoms with Gasteiger partial charge in [-0.25, -0.2) is 0 Å². The zero-order valence-electron chi connectivity index (χ0n) is 11.8. The highest BCUT2D eigenvalue weighted by Gasteiger charge is 2.23. The number of benzene rings is 1. The second-order valence-electron chi connectivity index (χ2n) is 5.33. The maximum Gasteiger partial charge on any atom is 0.253 e. The molecule has 2 rings (SSSR count). The van der Waals surface area contributed by atoms with Crippen molar-refractivity contribution in [2.75, 3.05) is 26.7 Å². The number of carbonyl (C=O) groups excluding carboxylic acids is 1. The van der Waals surface area contributed by atoms with Crippen LogP contribution in [-0.4, -0.2) is 47.7 Å². The van der Waals surface area contributed by atoms with Gasteiger partial charge in [-0.2, -0.15) is 0 Å². The lowest BCUT2D eigenvalue weighted by Crippen LogP contribution is -2.38. The van der Waals surface area contributed by atoms with Gasteiger partial charge in [0.15, 0.2) is 11.5 Å². The summed E-state index contributed by atoms with van der Waals surface area (Å²) in [6.07, 6.45) is 3.20. The predicted octanol–water partition coefficient (Wildman–Crippen LogP) is 1.56. The van der Waals surface area contributed by atoms with E-state index >= 15 is 0 Å².